The van der Waals surface area contributed by atoms with E-state index in [1.165, 1.54) is 0 Å². The predicted octanol–water partition coefficient (Wildman–Crippen LogP) is 1.15. The Labute approximate surface area is 86.6 Å². The molecule has 0 aromatic heterocycles. The summed E-state index contributed by atoms with van der Waals surface area (Å²) in [5.41, 5.74) is 0. The van der Waals surface area contributed by atoms with Crippen molar-refractivity contribution in [1.82, 2.24) is 10.6 Å². The summed E-state index contributed by atoms with van der Waals surface area (Å²) in [5.74, 6) is 1.11. The molecule has 1 heterocycles. The number of nitrogens with one attached hydrogen (secondary N) is 2. The van der Waals surface area contributed by atoms with Crippen LogP contribution in [0.3, 0.4) is 0 Å². The van der Waals surface area contributed by atoms with Gasteiger partial charge in [-0.3, -0.25) is 4.79 Å². The van der Waals surface area contributed by atoms with Crippen molar-refractivity contribution in [1.29, 1.82) is 0 Å². The SMILES string of the molecule is CC(C)CCNC(=O)C1CCCNC1. The molecule has 2 N–H and O–H groups in total. The first kappa shape index (κ1) is 11.5. The fourth-order valence-corrected chi connectivity index (χ4v) is 1.70. The van der Waals surface area contributed by atoms with Gasteiger partial charge in [-0.05, 0) is 31.7 Å². The quantitative estimate of drug-likeness (QED) is 0.711. The first-order valence-corrected chi connectivity index (χ1v) is 5.68. The summed E-state index contributed by atoms with van der Waals surface area (Å²) >= 11 is 0. The van der Waals surface area contributed by atoms with E-state index in [0.29, 0.717) is 5.92 Å². The summed E-state index contributed by atoms with van der Waals surface area (Å²) in [4.78, 5) is 11.6. The second-order valence-corrected chi connectivity index (χ2v) is 4.52. The van der Waals surface area contributed by atoms with Crippen LogP contribution in [-0.2, 0) is 4.79 Å². The Bertz CT molecular complexity index is 174. The zero-order valence-corrected chi connectivity index (χ0v) is 9.31. The van der Waals surface area contributed by atoms with Crippen LogP contribution in [0.1, 0.15) is 33.1 Å². The van der Waals surface area contributed by atoms with Gasteiger partial charge in [0.1, 0.15) is 0 Å². The van der Waals surface area contributed by atoms with E-state index < -0.39 is 0 Å². The largest absolute Gasteiger partial charge is 0.356 e. The van der Waals surface area contributed by atoms with Gasteiger partial charge in [-0.1, -0.05) is 13.8 Å². The zero-order valence-electron chi connectivity index (χ0n) is 9.31. The third kappa shape index (κ3) is 4.09. The third-order valence-corrected chi connectivity index (χ3v) is 2.69. The molecule has 1 atom stereocenters. The van der Waals surface area contributed by atoms with Crippen LogP contribution in [0.25, 0.3) is 0 Å². The molecule has 82 valence electrons. The lowest BCUT2D eigenvalue weighted by Gasteiger charge is -2.22. The first-order chi connectivity index (χ1) is 6.70. The molecule has 3 nitrogen and oxygen atoms in total. The maximum absolute atomic E-state index is 11.6. The molecule has 0 bridgehead atoms. The lowest BCUT2D eigenvalue weighted by atomic mass is 9.99. The Balaban J connectivity index is 2.13. The van der Waals surface area contributed by atoms with Crippen molar-refractivity contribution in [3.05, 3.63) is 0 Å². The molecule has 1 fully saturated rings. The van der Waals surface area contributed by atoms with E-state index in [1.54, 1.807) is 0 Å². The number of hydrogen-bond acceptors (Lipinski definition) is 2. The number of hydrogen-bond donors (Lipinski definition) is 2. The maximum atomic E-state index is 11.6. The molecule has 14 heavy (non-hydrogen) atoms. The molecule has 0 spiro atoms. The number of piperidine rings is 1. The highest BCUT2D eigenvalue weighted by Crippen LogP contribution is 2.09. The van der Waals surface area contributed by atoms with Gasteiger partial charge in [-0.25, -0.2) is 0 Å². The first-order valence-electron chi connectivity index (χ1n) is 5.68. The van der Waals surface area contributed by atoms with E-state index in [1.807, 2.05) is 0 Å². The third-order valence-electron chi connectivity index (χ3n) is 2.69. The number of rotatable bonds is 4. The summed E-state index contributed by atoms with van der Waals surface area (Å²) in [5, 5.41) is 6.26. The van der Waals surface area contributed by atoms with Gasteiger partial charge in [0, 0.05) is 13.1 Å². The predicted molar refractivity (Wildman–Crippen MR) is 58.1 cm³/mol. The Kier molecular flexibility index (Phi) is 4.94. The molecule has 0 aromatic rings. The van der Waals surface area contributed by atoms with Crippen molar-refractivity contribution in [3.63, 3.8) is 0 Å². The Morgan fingerprint density at radius 2 is 2.36 bits per heavy atom. The molecule has 3 heteroatoms. The van der Waals surface area contributed by atoms with Crippen molar-refractivity contribution in [3.8, 4) is 0 Å². The van der Waals surface area contributed by atoms with E-state index in [-0.39, 0.29) is 11.8 Å². The van der Waals surface area contributed by atoms with Crippen LogP contribution >= 0.6 is 0 Å². The highest BCUT2D eigenvalue weighted by molar-refractivity contribution is 5.78. The summed E-state index contributed by atoms with van der Waals surface area (Å²) in [6.07, 6.45) is 3.24. The Hall–Kier alpha value is -0.570. The lowest BCUT2D eigenvalue weighted by molar-refractivity contribution is -0.125. The summed E-state index contributed by atoms with van der Waals surface area (Å²) in [7, 11) is 0. The summed E-state index contributed by atoms with van der Waals surface area (Å²) in [6, 6.07) is 0. The molecule has 0 aromatic carbocycles. The molecule has 1 aliphatic heterocycles. The molecule has 1 saturated heterocycles. The summed E-state index contributed by atoms with van der Waals surface area (Å²) < 4.78 is 0. The van der Waals surface area contributed by atoms with Gasteiger partial charge in [-0.15, -0.1) is 0 Å². The smallest absolute Gasteiger partial charge is 0.224 e. The van der Waals surface area contributed by atoms with E-state index in [4.69, 9.17) is 0 Å². The minimum absolute atomic E-state index is 0.205. The van der Waals surface area contributed by atoms with Gasteiger partial charge in [0.25, 0.3) is 0 Å². The standard InChI is InChI=1S/C11H22N2O/c1-9(2)5-7-13-11(14)10-4-3-6-12-8-10/h9-10,12H,3-8H2,1-2H3,(H,13,14). The minimum Gasteiger partial charge on any atom is -0.356 e. The molecule has 1 amide bonds. The molecule has 1 aliphatic rings. The topological polar surface area (TPSA) is 41.1 Å². The van der Waals surface area contributed by atoms with Gasteiger partial charge in [0.15, 0.2) is 0 Å². The number of carbonyl (C=O) groups excluding carboxylic acids is 1. The van der Waals surface area contributed by atoms with Gasteiger partial charge >= 0.3 is 0 Å². The molecule has 0 saturated carbocycles. The van der Waals surface area contributed by atoms with Crippen LogP contribution in [0.5, 0.6) is 0 Å². The van der Waals surface area contributed by atoms with E-state index in [0.717, 1.165) is 38.9 Å². The highest BCUT2D eigenvalue weighted by atomic mass is 16.1. The fourth-order valence-electron chi connectivity index (χ4n) is 1.70. The van der Waals surface area contributed by atoms with E-state index >= 15 is 0 Å². The van der Waals surface area contributed by atoms with E-state index in [9.17, 15) is 4.79 Å². The molecule has 0 aliphatic carbocycles. The fraction of sp³-hybridized carbons (Fsp3) is 0.909. The normalized spacial score (nSPS) is 22.4. The molecule has 1 rings (SSSR count). The van der Waals surface area contributed by atoms with Gasteiger partial charge < -0.3 is 10.6 Å². The Morgan fingerprint density at radius 1 is 1.57 bits per heavy atom. The molecule has 1 unspecified atom stereocenters. The van der Waals surface area contributed by atoms with Crippen molar-refractivity contribution in [2.24, 2.45) is 11.8 Å². The number of carbonyl (C=O) groups is 1. The molecular formula is C11H22N2O. The Morgan fingerprint density at radius 3 is 2.93 bits per heavy atom. The minimum atomic E-state index is 0.205. The van der Waals surface area contributed by atoms with Crippen LogP contribution in [0.15, 0.2) is 0 Å². The second-order valence-electron chi connectivity index (χ2n) is 4.52. The van der Waals surface area contributed by atoms with Gasteiger partial charge in [0.2, 0.25) is 5.91 Å². The van der Waals surface area contributed by atoms with E-state index in [2.05, 4.69) is 24.5 Å². The van der Waals surface area contributed by atoms with Crippen molar-refractivity contribution < 1.29 is 4.79 Å². The average molecular weight is 198 g/mol. The van der Waals surface area contributed by atoms with Crippen LogP contribution in [0.4, 0.5) is 0 Å². The average Bonchev–Trinajstić information content (AvgIpc) is 2.18. The second kappa shape index (κ2) is 6.02. The maximum Gasteiger partial charge on any atom is 0.224 e. The molecular weight excluding hydrogens is 176 g/mol. The van der Waals surface area contributed by atoms with Gasteiger partial charge in [-0.2, -0.15) is 0 Å². The van der Waals surface area contributed by atoms with Crippen LogP contribution < -0.4 is 10.6 Å². The van der Waals surface area contributed by atoms with Gasteiger partial charge in [0.05, 0.1) is 5.92 Å². The number of amides is 1. The van der Waals surface area contributed by atoms with Crippen LogP contribution in [0, 0.1) is 11.8 Å². The summed E-state index contributed by atoms with van der Waals surface area (Å²) in [6.45, 7) is 7.10. The molecule has 0 radical (unpaired) electrons. The van der Waals surface area contributed by atoms with Crippen LogP contribution in [-0.4, -0.2) is 25.5 Å². The monoisotopic (exact) mass is 198 g/mol. The van der Waals surface area contributed by atoms with Crippen LogP contribution in [0.2, 0.25) is 0 Å². The lowest BCUT2D eigenvalue weighted by Crippen LogP contribution is -2.40. The highest BCUT2D eigenvalue weighted by Gasteiger charge is 2.19. The van der Waals surface area contributed by atoms with Crippen molar-refractivity contribution in [2.75, 3.05) is 19.6 Å². The zero-order chi connectivity index (χ0) is 10.4. The van der Waals surface area contributed by atoms with Crippen molar-refractivity contribution in [2.45, 2.75) is 33.1 Å². The van der Waals surface area contributed by atoms with Crippen molar-refractivity contribution >= 4 is 5.91 Å².